The average Bonchev–Trinajstić information content (AvgIpc) is 3.84. The topological polar surface area (TPSA) is 8.17 Å². The van der Waals surface area contributed by atoms with Crippen molar-refractivity contribution in [3.63, 3.8) is 0 Å². The van der Waals surface area contributed by atoms with E-state index < -0.39 is 0 Å². The van der Waals surface area contributed by atoms with Crippen LogP contribution in [0.2, 0.25) is 0 Å². The van der Waals surface area contributed by atoms with Gasteiger partial charge in [-0.3, -0.25) is 0 Å². The summed E-state index contributed by atoms with van der Waals surface area (Å²) in [6, 6.07) is 66.9. The number of hydrogen-bond donors (Lipinski definition) is 0. The second-order valence-electron chi connectivity index (χ2n) is 14.9. The number of aromatic nitrogens is 1. The van der Waals surface area contributed by atoms with Crippen LogP contribution in [0.1, 0.15) is 25.0 Å². The van der Waals surface area contributed by atoms with Crippen molar-refractivity contribution in [3.8, 4) is 27.9 Å². The highest BCUT2D eigenvalue weighted by atomic mass is 32.1. The molecule has 0 radical (unpaired) electrons. The van der Waals surface area contributed by atoms with Crippen molar-refractivity contribution in [1.82, 2.24) is 4.57 Å². The monoisotopic (exact) mass is 708 g/mol. The van der Waals surface area contributed by atoms with Crippen molar-refractivity contribution >= 4 is 70.4 Å². The third kappa shape index (κ3) is 4.52. The number of benzene rings is 8. The predicted molar refractivity (Wildman–Crippen MR) is 231 cm³/mol. The summed E-state index contributed by atoms with van der Waals surface area (Å²) in [7, 11) is 0. The molecule has 0 bridgehead atoms. The molecule has 0 amide bonds. The van der Waals surface area contributed by atoms with Crippen LogP contribution in [-0.4, -0.2) is 4.57 Å². The molecule has 2 heterocycles. The lowest BCUT2D eigenvalue weighted by Gasteiger charge is -2.27. The number of hydrogen-bond acceptors (Lipinski definition) is 2. The number of thiophene rings is 1. The molecule has 54 heavy (non-hydrogen) atoms. The summed E-state index contributed by atoms with van der Waals surface area (Å²) in [5, 5.41) is 5.24. The summed E-state index contributed by atoms with van der Waals surface area (Å²) < 4.78 is 5.13. The molecule has 0 spiro atoms. The Balaban J connectivity index is 1.24. The van der Waals surface area contributed by atoms with Crippen molar-refractivity contribution in [2.24, 2.45) is 0 Å². The lowest BCUT2D eigenvalue weighted by atomic mass is 9.80. The van der Waals surface area contributed by atoms with Crippen molar-refractivity contribution < 1.29 is 0 Å². The van der Waals surface area contributed by atoms with Crippen LogP contribution in [0.25, 0.3) is 69.9 Å². The van der Waals surface area contributed by atoms with Gasteiger partial charge in [0.2, 0.25) is 0 Å². The van der Waals surface area contributed by atoms with Crippen molar-refractivity contribution in [2.45, 2.75) is 19.3 Å². The smallest absolute Gasteiger partial charge is 0.0544 e. The van der Waals surface area contributed by atoms with Gasteiger partial charge < -0.3 is 9.47 Å². The molecule has 0 unspecified atom stereocenters. The van der Waals surface area contributed by atoms with E-state index >= 15 is 0 Å². The first-order chi connectivity index (χ1) is 26.6. The van der Waals surface area contributed by atoms with E-state index in [9.17, 15) is 0 Å². The first-order valence-corrected chi connectivity index (χ1v) is 19.5. The van der Waals surface area contributed by atoms with Crippen LogP contribution in [0.3, 0.4) is 0 Å². The molecule has 1 aliphatic carbocycles. The Labute approximate surface area is 318 Å². The largest absolute Gasteiger partial charge is 0.310 e. The van der Waals surface area contributed by atoms with Gasteiger partial charge in [0.25, 0.3) is 0 Å². The number of nitrogens with zero attached hydrogens (tertiary/aromatic N) is 2. The third-order valence-corrected chi connectivity index (χ3v) is 12.7. The van der Waals surface area contributed by atoms with E-state index in [0.29, 0.717) is 0 Å². The number of rotatable bonds is 5. The van der Waals surface area contributed by atoms with Crippen molar-refractivity contribution in [1.29, 1.82) is 0 Å². The molecule has 0 saturated heterocycles. The van der Waals surface area contributed by atoms with Crippen LogP contribution in [0, 0.1) is 0 Å². The Morgan fingerprint density at radius 3 is 1.93 bits per heavy atom. The van der Waals surface area contributed by atoms with Gasteiger partial charge in [0.1, 0.15) is 0 Å². The van der Waals surface area contributed by atoms with Crippen LogP contribution in [-0.2, 0) is 5.41 Å². The van der Waals surface area contributed by atoms with E-state index in [4.69, 9.17) is 0 Å². The van der Waals surface area contributed by atoms with E-state index in [-0.39, 0.29) is 5.41 Å². The van der Waals surface area contributed by atoms with Gasteiger partial charge >= 0.3 is 0 Å². The van der Waals surface area contributed by atoms with Gasteiger partial charge in [-0.1, -0.05) is 135 Å². The lowest BCUT2D eigenvalue weighted by molar-refractivity contribution is 0.666. The Kier molecular flexibility index (Phi) is 6.80. The van der Waals surface area contributed by atoms with Gasteiger partial charge in [-0.25, -0.2) is 0 Å². The Morgan fingerprint density at radius 2 is 1.13 bits per heavy atom. The first kappa shape index (κ1) is 31.1. The minimum atomic E-state index is -0.137. The van der Waals surface area contributed by atoms with Gasteiger partial charge in [0.05, 0.1) is 11.0 Å². The molecule has 256 valence electrons. The summed E-state index contributed by atoms with van der Waals surface area (Å²) in [5.74, 6) is 0. The quantitative estimate of drug-likeness (QED) is 0.173. The summed E-state index contributed by atoms with van der Waals surface area (Å²) >= 11 is 1.89. The molecule has 2 aromatic heterocycles. The maximum Gasteiger partial charge on any atom is 0.0544 e. The van der Waals surface area contributed by atoms with E-state index in [0.717, 1.165) is 22.7 Å². The zero-order valence-electron chi connectivity index (χ0n) is 30.1. The number of fused-ring (bicyclic) bond motifs is 10. The molecule has 0 N–H and O–H groups in total. The van der Waals surface area contributed by atoms with E-state index in [1.165, 1.54) is 75.4 Å². The predicted octanol–water partition coefficient (Wildman–Crippen LogP) is 14.6. The molecular weight excluding hydrogens is 673 g/mol. The molecule has 0 fully saturated rings. The maximum atomic E-state index is 2.51. The van der Waals surface area contributed by atoms with Gasteiger partial charge in [-0.2, -0.15) is 0 Å². The second kappa shape index (κ2) is 11.8. The van der Waals surface area contributed by atoms with Crippen LogP contribution < -0.4 is 4.90 Å². The summed E-state index contributed by atoms with van der Waals surface area (Å²) in [5.41, 5.74) is 14.7. The molecule has 0 atom stereocenters. The first-order valence-electron chi connectivity index (χ1n) is 18.7. The lowest BCUT2D eigenvalue weighted by Crippen LogP contribution is -2.15. The van der Waals surface area contributed by atoms with Gasteiger partial charge in [-0.05, 0) is 94.0 Å². The second-order valence-corrected chi connectivity index (χ2v) is 16.0. The zero-order chi connectivity index (χ0) is 36.0. The molecule has 3 heteroatoms. The van der Waals surface area contributed by atoms with Crippen LogP contribution in [0.15, 0.2) is 182 Å². The summed E-state index contributed by atoms with van der Waals surface area (Å²) in [6.07, 6.45) is 0. The van der Waals surface area contributed by atoms with Gasteiger partial charge in [-0.15, -0.1) is 11.3 Å². The van der Waals surface area contributed by atoms with E-state index in [1.807, 2.05) is 11.3 Å². The maximum absolute atomic E-state index is 2.51. The molecule has 1 aliphatic rings. The number of para-hydroxylation sites is 3. The Morgan fingerprint density at radius 1 is 0.481 bits per heavy atom. The fourth-order valence-electron chi connectivity index (χ4n) is 9.19. The molecule has 2 nitrogen and oxygen atoms in total. The van der Waals surface area contributed by atoms with Crippen LogP contribution in [0.5, 0.6) is 0 Å². The fraction of sp³-hybridized carbons (Fsp3) is 0.0588. The molecule has 11 rings (SSSR count). The Bertz CT molecular complexity index is 3040. The normalized spacial score (nSPS) is 13.1. The molecule has 0 saturated carbocycles. The molecular formula is C51H36N2S. The van der Waals surface area contributed by atoms with Crippen LogP contribution in [0.4, 0.5) is 17.1 Å². The van der Waals surface area contributed by atoms with Gasteiger partial charge in [0, 0.05) is 59.1 Å². The van der Waals surface area contributed by atoms with Crippen LogP contribution >= 0.6 is 11.3 Å². The Hall–Kier alpha value is -6.42. The highest BCUT2D eigenvalue weighted by molar-refractivity contribution is 7.26. The van der Waals surface area contributed by atoms with Crippen molar-refractivity contribution in [3.05, 3.63) is 193 Å². The summed E-state index contributed by atoms with van der Waals surface area (Å²) in [4.78, 5) is 2.39. The fourth-order valence-corrected chi connectivity index (χ4v) is 10.4. The standard InChI is InChI=1S/C51H36N2S/c1-51(2)44-25-12-9-20-39(44)41-28-29-46-48(49(41)51)43-22-10-13-26-45(43)53(46)37-31-33(38-23-15-24-42-40-21-11-14-27-47(40)54-50(38)42)30-36(32-37)52(34-16-5-3-6-17-34)35-18-7-4-8-19-35/h3-32H,1-2H3. The highest BCUT2D eigenvalue weighted by Gasteiger charge is 2.38. The average molecular weight is 709 g/mol. The van der Waals surface area contributed by atoms with E-state index in [2.05, 4.69) is 205 Å². The summed E-state index contributed by atoms with van der Waals surface area (Å²) in [6.45, 7) is 4.79. The minimum absolute atomic E-state index is 0.137. The number of anilines is 3. The zero-order valence-corrected chi connectivity index (χ0v) is 30.9. The van der Waals surface area contributed by atoms with Crippen molar-refractivity contribution in [2.75, 3.05) is 4.90 Å². The molecule has 10 aromatic rings. The molecule has 0 aliphatic heterocycles. The molecule has 8 aromatic carbocycles. The SMILES string of the molecule is CC1(C)c2ccccc2-c2ccc3c(c21)c1ccccc1n3-c1cc(-c2cccc3c2sc2ccccc23)cc(N(c2ccccc2)c2ccccc2)c1. The van der Waals surface area contributed by atoms with E-state index in [1.54, 1.807) is 0 Å². The van der Waals surface area contributed by atoms with Gasteiger partial charge in [0.15, 0.2) is 0 Å². The minimum Gasteiger partial charge on any atom is -0.310 e. The highest BCUT2D eigenvalue weighted by Crippen LogP contribution is 2.53. The third-order valence-electron chi connectivity index (χ3n) is 11.5.